The van der Waals surface area contributed by atoms with Gasteiger partial charge >= 0.3 is 12.0 Å². The number of urea groups is 1. The molecule has 2 atom stereocenters. The Kier molecular flexibility index (Phi) is 6.20. The summed E-state index contributed by atoms with van der Waals surface area (Å²) in [5.74, 6) is 1.81. The lowest BCUT2D eigenvalue weighted by Crippen LogP contribution is -2.48. The highest BCUT2D eigenvalue weighted by Crippen LogP contribution is 2.19. The lowest BCUT2D eigenvalue weighted by molar-refractivity contribution is -0.138. The van der Waals surface area contributed by atoms with Crippen molar-refractivity contribution in [3.63, 3.8) is 0 Å². The molecule has 0 aromatic heterocycles. The Morgan fingerprint density at radius 2 is 2.32 bits per heavy atom. The van der Waals surface area contributed by atoms with Gasteiger partial charge in [0.25, 0.3) is 0 Å². The van der Waals surface area contributed by atoms with Crippen LogP contribution < -0.4 is 5.32 Å². The quantitative estimate of drug-likeness (QED) is 0.744. The van der Waals surface area contributed by atoms with Gasteiger partial charge in [0, 0.05) is 19.5 Å². The molecule has 1 fully saturated rings. The SMILES string of the molecule is C#CC(CCC)NC(=O)N1CCCC(CC(=O)O)C1. The smallest absolute Gasteiger partial charge is 0.318 e. The summed E-state index contributed by atoms with van der Waals surface area (Å²) >= 11 is 0. The number of likely N-dealkylation sites (tertiary alicyclic amines) is 1. The van der Waals surface area contributed by atoms with Gasteiger partial charge in [0.05, 0.1) is 6.04 Å². The zero-order chi connectivity index (χ0) is 14.3. The summed E-state index contributed by atoms with van der Waals surface area (Å²) < 4.78 is 0. The fourth-order valence-corrected chi connectivity index (χ4v) is 2.39. The van der Waals surface area contributed by atoms with Gasteiger partial charge in [-0.1, -0.05) is 19.3 Å². The summed E-state index contributed by atoms with van der Waals surface area (Å²) in [7, 11) is 0. The van der Waals surface area contributed by atoms with Crippen molar-refractivity contribution in [2.75, 3.05) is 13.1 Å². The molecular formula is C14H22N2O3. The highest BCUT2D eigenvalue weighted by Gasteiger charge is 2.25. The molecule has 5 heteroatoms. The Balaban J connectivity index is 2.47. The van der Waals surface area contributed by atoms with Crippen LogP contribution in [0.5, 0.6) is 0 Å². The number of amides is 2. The van der Waals surface area contributed by atoms with Crippen molar-refractivity contribution in [2.24, 2.45) is 5.92 Å². The minimum atomic E-state index is -0.806. The second-order valence-electron chi connectivity index (χ2n) is 5.01. The van der Waals surface area contributed by atoms with E-state index in [0.29, 0.717) is 13.1 Å². The van der Waals surface area contributed by atoms with E-state index in [0.717, 1.165) is 25.7 Å². The Morgan fingerprint density at radius 3 is 2.89 bits per heavy atom. The van der Waals surface area contributed by atoms with Crippen molar-refractivity contribution in [3.8, 4) is 12.3 Å². The molecule has 0 aromatic rings. The zero-order valence-electron chi connectivity index (χ0n) is 11.4. The molecule has 0 aromatic carbocycles. The predicted octanol–water partition coefficient (Wildman–Crippen LogP) is 1.68. The maximum Gasteiger partial charge on any atom is 0.318 e. The highest BCUT2D eigenvalue weighted by molar-refractivity contribution is 5.75. The second kappa shape index (κ2) is 7.67. The van der Waals surface area contributed by atoms with E-state index in [1.807, 2.05) is 6.92 Å². The number of carbonyl (C=O) groups excluding carboxylic acids is 1. The van der Waals surface area contributed by atoms with Gasteiger partial charge in [-0.3, -0.25) is 4.79 Å². The lowest BCUT2D eigenvalue weighted by Gasteiger charge is -2.32. The van der Waals surface area contributed by atoms with Gasteiger partial charge in [-0.05, 0) is 25.2 Å². The van der Waals surface area contributed by atoms with Crippen molar-refractivity contribution >= 4 is 12.0 Å². The molecule has 1 rings (SSSR count). The van der Waals surface area contributed by atoms with Crippen LogP contribution in [0.1, 0.15) is 39.0 Å². The molecule has 0 bridgehead atoms. The number of nitrogens with zero attached hydrogens (tertiary/aromatic N) is 1. The minimum absolute atomic E-state index is 0.0486. The molecule has 1 saturated heterocycles. The Hall–Kier alpha value is -1.70. The fourth-order valence-electron chi connectivity index (χ4n) is 2.39. The third-order valence-corrected chi connectivity index (χ3v) is 3.35. The van der Waals surface area contributed by atoms with Gasteiger partial charge in [-0.15, -0.1) is 6.42 Å². The predicted molar refractivity (Wildman–Crippen MR) is 72.6 cm³/mol. The number of carboxylic acid groups (broad SMARTS) is 1. The summed E-state index contributed by atoms with van der Waals surface area (Å²) in [5.41, 5.74) is 0. The number of rotatable bonds is 5. The van der Waals surface area contributed by atoms with Crippen molar-refractivity contribution in [3.05, 3.63) is 0 Å². The van der Waals surface area contributed by atoms with Gasteiger partial charge < -0.3 is 15.3 Å². The van der Waals surface area contributed by atoms with E-state index in [2.05, 4.69) is 11.2 Å². The van der Waals surface area contributed by atoms with Crippen LogP contribution in [0.4, 0.5) is 4.79 Å². The van der Waals surface area contributed by atoms with Gasteiger partial charge in [0.1, 0.15) is 0 Å². The molecular weight excluding hydrogens is 244 g/mol. The van der Waals surface area contributed by atoms with Gasteiger partial charge in [0.2, 0.25) is 0 Å². The molecule has 0 saturated carbocycles. The van der Waals surface area contributed by atoms with Crippen LogP contribution in [0.2, 0.25) is 0 Å². The number of carboxylic acids is 1. The molecule has 0 radical (unpaired) electrons. The molecule has 1 aliphatic heterocycles. The van der Waals surface area contributed by atoms with Crippen LogP contribution in [0.15, 0.2) is 0 Å². The van der Waals surface area contributed by atoms with Gasteiger partial charge in [-0.25, -0.2) is 4.79 Å². The number of nitrogens with one attached hydrogen (secondary N) is 1. The van der Waals surface area contributed by atoms with Gasteiger partial charge in [-0.2, -0.15) is 0 Å². The molecule has 5 nitrogen and oxygen atoms in total. The third kappa shape index (κ3) is 5.21. The van der Waals surface area contributed by atoms with Crippen molar-refractivity contribution in [1.29, 1.82) is 0 Å². The summed E-state index contributed by atoms with van der Waals surface area (Å²) in [4.78, 5) is 24.4. The third-order valence-electron chi connectivity index (χ3n) is 3.35. The van der Waals surface area contributed by atoms with E-state index in [1.54, 1.807) is 4.90 Å². The van der Waals surface area contributed by atoms with Crippen LogP contribution in [0.3, 0.4) is 0 Å². The molecule has 106 valence electrons. The largest absolute Gasteiger partial charge is 0.481 e. The standard InChI is InChI=1S/C14H22N2O3/c1-3-6-12(4-2)15-14(19)16-8-5-7-11(10-16)9-13(17)18/h2,11-12H,3,5-10H2,1H3,(H,15,19)(H,17,18). The summed E-state index contributed by atoms with van der Waals surface area (Å²) in [6.07, 6.45) is 8.88. The fraction of sp³-hybridized carbons (Fsp3) is 0.714. The first kappa shape index (κ1) is 15.4. The van der Waals surface area contributed by atoms with Crippen LogP contribution in [-0.4, -0.2) is 41.1 Å². The maximum absolute atomic E-state index is 12.0. The molecule has 2 amide bonds. The molecule has 1 heterocycles. The summed E-state index contributed by atoms with van der Waals surface area (Å²) in [6, 6.07) is -0.413. The van der Waals surface area contributed by atoms with Crippen LogP contribution >= 0.6 is 0 Å². The van der Waals surface area contributed by atoms with E-state index in [4.69, 9.17) is 11.5 Å². The van der Waals surface area contributed by atoms with E-state index in [9.17, 15) is 9.59 Å². The topological polar surface area (TPSA) is 69.6 Å². The summed E-state index contributed by atoms with van der Waals surface area (Å²) in [5, 5.41) is 11.6. The van der Waals surface area contributed by atoms with Crippen molar-refractivity contribution in [2.45, 2.75) is 45.1 Å². The Morgan fingerprint density at radius 1 is 1.58 bits per heavy atom. The first-order valence-electron chi connectivity index (χ1n) is 6.80. The maximum atomic E-state index is 12.0. The first-order chi connectivity index (χ1) is 9.06. The van der Waals surface area contributed by atoms with Crippen LogP contribution in [0.25, 0.3) is 0 Å². The number of hydrogen-bond donors (Lipinski definition) is 2. The van der Waals surface area contributed by atoms with Crippen molar-refractivity contribution in [1.82, 2.24) is 10.2 Å². The van der Waals surface area contributed by atoms with E-state index in [-0.39, 0.29) is 24.4 Å². The normalized spacial score (nSPS) is 20.4. The molecule has 2 unspecified atom stereocenters. The average Bonchev–Trinajstić information content (AvgIpc) is 2.37. The molecule has 2 N–H and O–H groups in total. The number of hydrogen-bond acceptors (Lipinski definition) is 2. The van der Waals surface area contributed by atoms with Crippen LogP contribution in [-0.2, 0) is 4.79 Å². The second-order valence-corrected chi connectivity index (χ2v) is 5.01. The first-order valence-corrected chi connectivity index (χ1v) is 6.80. The summed E-state index contributed by atoms with van der Waals surface area (Å²) in [6.45, 7) is 3.19. The molecule has 0 spiro atoms. The zero-order valence-corrected chi connectivity index (χ0v) is 11.4. The van der Waals surface area contributed by atoms with E-state index in [1.165, 1.54) is 0 Å². The minimum Gasteiger partial charge on any atom is -0.481 e. The number of aliphatic carboxylic acids is 1. The van der Waals surface area contributed by atoms with Gasteiger partial charge in [0.15, 0.2) is 0 Å². The number of piperidine rings is 1. The average molecular weight is 266 g/mol. The van der Waals surface area contributed by atoms with Crippen molar-refractivity contribution < 1.29 is 14.7 Å². The Labute approximate surface area is 114 Å². The molecule has 1 aliphatic rings. The van der Waals surface area contributed by atoms with E-state index < -0.39 is 5.97 Å². The molecule has 19 heavy (non-hydrogen) atoms. The monoisotopic (exact) mass is 266 g/mol. The van der Waals surface area contributed by atoms with E-state index >= 15 is 0 Å². The van der Waals surface area contributed by atoms with Crippen LogP contribution in [0, 0.1) is 18.3 Å². The molecule has 0 aliphatic carbocycles. The Bertz CT molecular complexity index is 362. The highest BCUT2D eigenvalue weighted by atomic mass is 16.4. The lowest BCUT2D eigenvalue weighted by atomic mass is 9.95. The number of carbonyl (C=O) groups is 2. The number of terminal acetylenes is 1.